The molecule has 2 amide bonds. The maximum absolute atomic E-state index is 13.3. The van der Waals surface area contributed by atoms with E-state index in [0.29, 0.717) is 35.3 Å². The highest BCUT2D eigenvalue weighted by molar-refractivity contribution is 7.89. The van der Waals surface area contributed by atoms with Gasteiger partial charge < -0.3 is 10.6 Å². The second kappa shape index (κ2) is 12.1. The molecule has 204 valence electrons. The number of fused-ring (bicyclic) bond motifs is 1. The number of hydrogen-bond acceptors (Lipinski definition) is 6. The molecule has 8 nitrogen and oxygen atoms in total. The first-order chi connectivity index (χ1) is 17.3. The minimum absolute atomic E-state index is 0.164. The standard InChI is InChI=1S/C27H40N4O4S2/c1-17(2)14-31(15-18(3)4)37(34,35)21-10-8-20(9-11-21)25(32)29-27-24(26(33)28-7)22-12-13-30(19(5)6)16-23(22)36-27/h8-11,17-19H,12-16H2,1-7H3,(H,28,33)(H,29,32). The van der Waals surface area contributed by atoms with Crippen LogP contribution in [-0.4, -0.2) is 62.2 Å². The van der Waals surface area contributed by atoms with Gasteiger partial charge in [-0.05, 0) is 61.9 Å². The third-order valence-corrected chi connectivity index (χ3v) is 9.37. The van der Waals surface area contributed by atoms with E-state index in [-0.39, 0.29) is 28.5 Å². The first-order valence-corrected chi connectivity index (χ1v) is 15.1. The van der Waals surface area contributed by atoms with E-state index >= 15 is 0 Å². The minimum Gasteiger partial charge on any atom is -0.355 e. The third-order valence-electron chi connectivity index (χ3n) is 6.39. The molecule has 0 spiro atoms. The van der Waals surface area contributed by atoms with E-state index in [1.807, 2.05) is 27.7 Å². The van der Waals surface area contributed by atoms with Crippen LogP contribution in [0.1, 0.15) is 72.7 Å². The summed E-state index contributed by atoms with van der Waals surface area (Å²) in [5.41, 5.74) is 1.85. The third kappa shape index (κ3) is 6.79. The van der Waals surface area contributed by atoms with Crippen molar-refractivity contribution >= 4 is 38.2 Å². The topological polar surface area (TPSA) is 98.8 Å². The normalized spacial score (nSPS) is 14.5. The van der Waals surface area contributed by atoms with Crippen LogP contribution in [0.4, 0.5) is 5.00 Å². The number of carbonyl (C=O) groups is 2. The summed E-state index contributed by atoms with van der Waals surface area (Å²) in [6, 6.07) is 6.41. The monoisotopic (exact) mass is 548 g/mol. The fourth-order valence-electron chi connectivity index (χ4n) is 4.51. The van der Waals surface area contributed by atoms with Gasteiger partial charge in [-0.1, -0.05) is 27.7 Å². The summed E-state index contributed by atoms with van der Waals surface area (Å²) < 4.78 is 28.1. The van der Waals surface area contributed by atoms with Crippen molar-refractivity contribution in [3.8, 4) is 0 Å². The van der Waals surface area contributed by atoms with Gasteiger partial charge in [-0.15, -0.1) is 11.3 Å². The second-order valence-corrected chi connectivity index (χ2v) is 13.7. The van der Waals surface area contributed by atoms with Crippen LogP contribution in [0.2, 0.25) is 0 Å². The Hall–Kier alpha value is -2.27. The van der Waals surface area contributed by atoms with Crippen molar-refractivity contribution in [2.75, 3.05) is 32.0 Å². The zero-order chi connectivity index (χ0) is 27.5. The molecule has 37 heavy (non-hydrogen) atoms. The number of benzene rings is 1. The number of nitrogens with zero attached hydrogens (tertiary/aromatic N) is 2. The van der Waals surface area contributed by atoms with E-state index in [1.54, 1.807) is 7.05 Å². The van der Waals surface area contributed by atoms with E-state index in [9.17, 15) is 18.0 Å². The van der Waals surface area contributed by atoms with Gasteiger partial charge in [0.1, 0.15) is 5.00 Å². The molecule has 1 aromatic carbocycles. The molecular weight excluding hydrogens is 508 g/mol. The smallest absolute Gasteiger partial charge is 0.256 e. The number of hydrogen-bond donors (Lipinski definition) is 2. The van der Waals surface area contributed by atoms with Crippen molar-refractivity contribution in [2.45, 2.75) is 65.4 Å². The molecule has 0 saturated heterocycles. The highest BCUT2D eigenvalue weighted by Crippen LogP contribution is 2.38. The van der Waals surface area contributed by atoms with Crippen LogP contribution in [0.15, 0.2) is 29.2 Å². The van der Waals surface area contributed by atoms with Crippen molar-refractivity contribution in [3.05, 3.63) is 45.8 Å². The average Bonchev–Trinajstić information content (AvgIpc) is 3.19. The van der Waals surface area contributed by atoms with E-state index in [4.69, 9.17) is 0 Å². The number of thiophene rings is 1. The second-order valence-electron chi connectivity index (χ2n) is 10.7. The molecule has 0 fully saturated rings. The lowest BCUT2D eigenvalue weighted by Crippen LogP contribution is -2.37. The summed E-state index contributed by atoms with van der Waals surface area (Å²) in [4.78, 5) is 29.5. The molecule has 3 rings (SSSR count). The van der Waals surface area contributed by atoms with Gasteiger partial charge in [0.05, 0.1) is 10.5 Å². The van der Waals surface area contributed by atoms with Gasteiger partial charge in [-0.2, -0.15) is 4.31 Å². The molecule has 0 atom stereocenters. The van der Waals surface area contributed by atoms with Crippen LogP contribution in [0.3, 0.4) is 0 Å². The van der Waals surface area contributed by atoms with Crippen LogP contribution < -0.4 is 10.6 Å². The number of nitrogens with one attached hydrogen (secondary N) is 2. The van der Waals surface area contributed by atoms with Crippen molar-refractivity contribution in [1.82, 2.24) is 14.5 Å². The molecule has 0 aliphatic carbocycles. The fourth-order valence-corrected chi connectivity index (χ4v) is 7.54. The van der Waals surface area contributed by atoms with Gasteiger partial charge in [-0.3, -0.25) is 14.5 Å². The van der Waals surface area contributed by atoms with Crippen LogP contribution >= 0.6 is 11.3 Å². The van der Waals surface area contributed by atoms with Gasteiger partial charge >= 0.3 is 0 Å². The summed E-state index contributed by atoms with van der Waals surface area (Å²) in [6.07, 6.45) is 0.748. The maximum Gasteiger partial charge on any atom is 0.256 e. The first-order valence-electron chi connectivity index (χ1n) is 12.9. The quantitative estimate of drug-likeness (QED) is 0.458. The number of rotatable bonds is 10. The lowest BCUT2D eigenvalue weighted by molar-refractivity contribution is 0.0962. The summed E-state index contributed by atoms with van der Waals surface area (Å²) in [7, 11) is -2.10. The first kappa shape index (κ1) is 29.3. The minimum atomic E-state index is -3.68. The lowest BCUT2D eigenvalue weighted by Gasteiger charge is -2.30. The molecule has 2 heterocycles. The Morgan fingerprint density at radius 1 is 1.00 bits per heavy atom. The van der Waals surface area contributed by atoms with Crippen LogP contribution in [0, 0.1) is 11.8 Å². The Morgan fingerprint density at radius 2 is 1.59 bits per heavy atom. The maximum atomic E-state index is 13.3. The van der Waals surface area contributed by atoms with Gasteiger partial charge in [0.25, 0.3) is 11.8 Å². The van der Waals surface area contributed by atoms with Crippen LogP contribution in [-0.2, 0) is 23.0 Å². The van der Waals surface area contributed by atoms with E-state index in [1.165, 1.54) is 39.9 Å². The van der Waals surface area contributed by atoms with Gasteiger partial charge in [0, 0.05) is 49.7 Å². The molecule has 2 N–H and O–H groups in total. The number of anilines is 1. The fraction of sp³-hybridized carbons (Fsp3) is 0.556. The largest absolute Gasteiger partial charge is 0.355 e. The van der Waals surface area contributed by atoms with Gasteiger partial charge in [0.15, 0.2) is 0 Å². The molecule has 10 heteroatoms. The van der Waals surface area contributed by atoms with Crippen LogP contribution in [0.5, 0.6) is 0 Å². The molecule has 1 aliphatic rings. The number of carbonyl (C=O) groups excluding carboxylic acids is 2. The Morgan fingerprint density at radius 3 is 2.11 bits per heavy atom. The molecule has 0 saturated carbocycles. The zero-order valence-electron chi connectivity index (χ0n) is 22.9. The van der Waals surface area contributed by atoms with Crippen molar-refractivity contribution in [1.29, 1.82) is 0 Å². The Bertz CT molecular complexity index is 1210. The molecule has 0 bridgehead atoms. The molecule has 1 aliphatic heterocycles. The van der Waals surface area contributed by atoms with E-state index in [0.717, 1.165) is 30.0 Å². The Kier molecular flexibility index (Phi) is 9.55. The zero-order valence-corrected chi connectivity index (χ0v) is 24.6. The van der Waals surface area contributed by atoms with E-state index < -0.39 is 10.0 Å². The summed E-state index contributed by atoms with van der Waals surface area (Å²) in [5.74, 6) is -0.216. The summed E-state index contributed by atoms with van der Waals surface area (Å²) in [5, 5.41) is 6.14. The number of amides is 2. The summed E-state index contributed by atoms with van der Waals surface area (Å²) in [6.45, 7) is 14.7. The Labute approximate surface area is 225 Å². The molecule has 2 aromatic rings. The van der Waals surface area contributed by atoms with Crippen molar-refractivity contribution in [3.63, 3.8) is 0 Å². The molecule has 1 aromatic heterocycles. The molecule has 0 unspecified atom stereocenters. The number of sulfonamides is 1. The molecular formula is C27H40N4O4S2. The lowest BCUT2D eigenvalue weighted by atomic mass is 10.0. The van der Waals surface area contributed by atoms with E-state index in [2.05, 4.69) is 29.4 Å². The van der Waals surface area contributed by atoms with Crippen molar-refractivity contribution < 1.29 is 18.0 Å². The van der Waals surface area contributed by atoms with Gasteiger partial charge in [-0.25, -0.2) is 8.42 Å². The summed E-state index contributed by atoms with van der Waals surface area (Å²) >= 11 is 1.44. The van der Waals surface area contributed by atoms with Crippen LogP contribution in [0.25, 0.3) is 0 Å². The molecule has 0 radical (unpaired) electrons. The Balaban J connectivity index is 1.85. The van der Waals surface area contributed by atoms with Crippen molar-refractivity contribution in [2.24, 2.45) is 11.8 Å². The highest BCUT2D eigenvalue weighted by Gasteiger charge is 2.30. The van der Waals surface area contributed by atoms with Gasteiger partial charge in [0.2, 0.25) is 10.0 Å². The average molecular weight is 549 g/mol. The highest BCUT2D eigenvalue weighted by atomic mass is 32.2. The SMILES string of the molecule is CNC(=O)c1c(NC(=O)c2ccc(S(=O)(=O)N(CC(C)C)CC(C)C)cc2)sc2c1CCN(C(C)C)C2. The predicted molar refractivity (Wildman–Crippen MR) is 150 cm³/mol. The predicted octanol–water partition coefficient (Wildman–Crippen LogP) is 4.43.